The first-order chi connectivity index (χ1) is 10.6. The van der Waals surface area contributed by atoms with Gasteiger partial charge in [0.1, 0.15) is 0 Å². The normalized spacial score (nSPS) is 13.5. The third-order valence-corrected chi connectivity index (χ3v) is 3.57. The van der Waals surface area contributed by atoms with Gasteiger partial charge in [0.15, 0.2) is 12.4 Å². The number of amides is 1. The largest absolute Gasteiger partial charge is 0.477 e. The van der Waals surface area contributed by atoms with E-state index in [1.165, 1.54) is 17.0 Å². The maximum absolute atomic E-state index is 12.1. The molecule has 0 atom stereocenters. The van der Waals surface area contributed by atoms with Gasteiger partial charge in [-0.2, -0.15) is 0 Å². The summed E-state index contributed by atoms with van der Waals surface area (Å²) in [5.74, 6) is -0.218. The lowest BCUT2D eigenvalue weighted by molar-refractivity contribution is -0.389. The molecule has 112 valence electrons. The Morgan fingerprint density at radius 3 is 2.82 bits per heavy atom. The Hall–Kier alpha value is -2.67. The standard InChI is InChI=1S/C14H10ClN3O4/c15-10-4-2-1-3-9(10)7-17-13(19)8-22-11-5-6-12(18(20)21)16-14(11)17/h1-6H,7-8H2. The number of benzene rings is 1. The highest BCUT2D eigenvalue weighted by molar-refractivity contribution is 6.31. The van der Waals surface area contributed by atoms with Gasteiger partial charge < -0.3 is 14.9 Å². The summed E-state index contributed by atoms with van der Waals surface area (Å²) in [7, 11) is 0. The number of fused-ring (bicyclic) bond motifs is 1. The minimum atomic E-state index is -0.618. The average molecular weight is 320 g/mol. The quantitative estimate of drug-likeness (QED) is 0.641. The fourth-order valence-electron chi connectivity index (χ4n) is 2.13. The Kier molecular flexibility index (Phi) is 3.64. The van der Waals surface area contributed by atoms with E-state index in [0.29, 0.717) is 10.8 Å². The van der Waals surface area contributed by atoms with Crippen molar-refractivity contribution in [1.29, 1.82) is 0 Å². The van der Waals surface area contributed by atoms with Crippen molar-refractivity contribution in [3.05, 3.63) is 57.1 Å². The molecule has 0 spiro atoms. The number of nitro groups is 1. The molecule has 0 N–H and O–H groups in total. The van der Waals surface area contributed by atoms with Crippen LogP contribution in [0.2, 0.25) is 5.02 Å². The molecule has 0 bridgehead atoms. The van der Waals surface area contributed by atoms with Crippen molar-refractivity contribution in [3.8, 4) is 5.75 Å². The predicted molar refractivity (Wildman–Crippen MR) is 79.0 cm³/mol. The Bertz CT molecular complexity index is 766. The SMILES string of the molecule is O=C1COc2ccc([N+](=O)[O-])nc2N1Cc1ccccc1Cl. The van der Waals surface area contributed by atoms with Crippen molar-refractivity contribution in [2.75, 3.05) is 11.5 Å². The number of aromatic nitrogens is 1. The van der Waals surface area contributed by atoms with Crippen LogP contribution >= 0.6 is 11.6 Å². The topological polar surface area (TPSA) is 85.6 Å². The number of ether oxygens (including phenoxy) is 1. The fraction of sp³-hybridized carbons (Fsp3) is 0.143. The molecule has 0 fully saturated rings. The zero-order valence-electron chi connectivity index (χ0n) is 11.2. The molecule has 1 amide bonds. The van der Waals surface area contributed by atoms with Gasteiger partial charge in [-0.3, -0.25) is 9.69 Å². The average Bonchev–Trinajstić information content (AvgIpc) is 2.51. The monoisotopic (exact) mass is 319 g/mol. The maximum atomic E-state index is 12.1. The second-order valence-corrected chi connectivity index (χ2v) is 5.02. The lowest BCUT2D eigenvalue weighted by Crippen LogP contribution is -2.39. The first kappa shape index (κ1) is 14.3. The summed E-state index contributed by atoms with van der Waals surface area (Å²) < 4.78 is 5.26. The molecule has 2 aromatic rings. The Labute approximate surface area is 130 Å². The molecular formula is C14H10ClN3O4. The summed E-state index contributed by atoms with van der Waals surface area (Å²) in [5.41, 5.74) is 0.721. The number of hydrogen-bond acceptors (Lipinski definition) is 5. The molecule has 8 heteroatoms. The smallest absolute Gasteiger partial charge is 0.366 e. The number of rotatable bonds is 3. The molecule has 1 aliphatic rings. The Balaban J connectivity index is 2.01. The van der Waals surface area contributed by atoms with Crippen molar-refractivity contribution in [2.24, 2.45) is 0 Å². The van der Waals surface area contributed by atoms with E-state index in [1.54, 1.807) is 24.3 Å². The fourth-order valence-corrected chi connectivity index (χ4v) is 2.32. The lowest BCUT2D eigenvalue weighted by atomic mass is 10.2. The van der Waals surface area contributed by atoms with E-state index in [4.69, 9.17) is 16.3 Å². The van der Waals surface area contributed by atoms with Crippen LogP contribution < -0.4 is 9.64 Å². The first-order valence-corrected chi connectivity index (χ1v) is 6.76. The van der Waals surface area contributed by atoms with Crippen LogP contribution in [0.3, 0.4) is 0 Å². The molecule has 3 rings (SSSR count). The van der Waals surface area contributed by atoms with Crippen molar-refractivity contribution in [1.82, 2.24) is 4.98 Å². The molecule has 1 aliphatic heterocycles. The van der Waals surface area contributed by atoms with E-state index in [-0.39, 0.29) is 30.7 Å². The van der Waals surface area contributed by atoms with E-state index < -0.39 is 4.92 Å². The van der Waals surface area contributed by atoms with E-state index in [9.17, 15) is 14.9 Å². The summed E-state index contributed by atoms with van der Waals surface area (Å²) >= 11 is 6.10. The molecule has 2 heterocycles. The minimum Gasteiger partial charge on any atom is -0.477 e. The van der Waals surface area contributed by atoms with Crippen LogP contribution in [-0.2, 0) is 11.3 Å². The molecule has 1 aromatic heterocycles. The van der Waals surface area contributed by atoms with Crippen LogP contribution in [-0.4, -0.2) is 22.4 Å². The molecule has 0 unspecified atom stereocenters. The number of carbonyl (C=O) groups is 1. The number of carbonyl (C=O) groups excluding carboxylic acids is 1. The highest BCUT2D eigenvalue weighted by Gasteiger charge is 2.32. The number of anilines is 1. The highest BCUT2D eigenvalue weighted by Crippen LogP contribution is 2.33. The third-order valence-electron chi connectivity index (χ3n) is 3.21. The van der Waals surface area contributed by atoms with Crippen LogP contribution in [0.4, 0.5) is 11.6 Å². The highest BCUT2D eigenvalue weighted by atomic mass is 35.5. The van der Waals surface area contributed by atoms with Gasteiger partial charge in [-0.1, -0.05) is 29.8 Å². The van der Waals surface area contributed by atoms with Crippen molar-refractivity contribution in [3.63, 3.8) is 0 Å². The molecule has 22 heavy (non-hydrogen) atoms. The van der Waals surface area contributed by atoms with Crippen LogP contribution in [0.15, 0.2) is 36.4 Å². The van der Waals surface area contributed by atoms with E-state index in [2.05, 4.69) is 4.98 Å². The van der Waals surface area contributed by atoms with Crippen molar-refractivity contribution >= 4 is 29.1 Å². The van der Waals surface area contributed by atoms with Gasteiger partial charge in [0, 0.05) is 11.1 Å². The van der Waals surface area contributed by atoms with Gasteiger partial charge in [-0.05, 0) is 27.6 Å². The summed E-state index contributed by atoms with van der Waals surface area (Å²) in [6, 6.07) is 9.75. The Morgan fingerprint density at radius 2 is 2.09 bits per heavy atom. The summed E-state index contributed by atoms with van der Waals surface area (Å²) in [4.78, 5) is 27.6. The molecule has 0 radical (unpaired) electrons. The van der Waals surface area contributed by atoms with Crippen LogP contribution in [0, 0.1) is 10.1 Å². The second-order valence-electron chi connectivity index (χ2n) is 4.61. The van der Waals surface area contributed by atoms with Crippen molar-refractivity contribution < 1.29 is 14.5 Å². The number of hydrogen-bond donors (Lipinski definition) is 0. The van der Waals surface area contributed by atoms with E-state index in [0.717, 1.165) is 5.56 Å². The predicted octanol–water partition coefficient (Wildman–Crippen LogP) is 2.57. The molecule has 0 aliphatic carbocycles. The number of pyridine rings is 1. The zero-order chi connectivity index (χ0) is 15.7. The van der Waals surface area contributed by atoms with E-state index >= 15 is 0 Å². The minimum absolute atomic E-state index is 0.130. The van der Waals surface area contributed by atoms with Gasteiger partial charge in [0.25, 0.3) is 11.7 Å². The van der Waals surface area contributed by atoms with Crippen LogP contribution in [0.1, 0.15) is 5.56 Å². The van der Waals surface area contributed by atoms with Gasteiger partial charge in [0.2, 0.25) is 0 Å². The molecular weight excluding hydrogens is 310 g/mol. The zero-order valence-corrected chi connectivity index (χ0v) is 12.0. The second kappa shape index (κ2) is 5.61. The van der Waals surface area contributed by atoms with Crippen LogP contribution in [0.25, 0.3) is 0 Å². The first-order valence-electron chi connectivity index (χ1n) is 6.38. The maximum Gasteiger partial charge on any atom is 0.366 e. The molecule has 1 aromatic carbocycles. The molecule has 0 saturated heterocycles. The lowest BCUT2D eigenvalue weighted by Gasteiger charge is -2.25. The van der Waals surface area contributed by atoms with Gasteiger partial charge in [-0.25, -0.2) is 0 Å². The van der Waals surface area contributed by atoms with Gasteiger partial charge in [0.05, 0.1) is 6.54 Å². The molecule has 0 saturated carbocycles. The summed E-state index contributed by atoms with van der Waals surface area (Å²) in [5, 5.41) is 11.4. The van der Waals surface area contributed by atoms with E-state index in [1.807, 2.05) is 0 Å². The summed E-state index contributed by atoms with van der Waals surface area (Å²) in [6.45, 7) is 0.0278. The Morgan fingerprint density at radius 1 is 1.32 bits per heavy atom. The van der Waals surface area contributed by atoms with Crippen molar-refractivity contribution in [2.45, 2.75) is 6.54 Å². The van der Waals surface area contributed by atoms with Crippen LogP contribution in [0.5, 0.6) is 5.75 Å². The van der Waals surface area contributed by atoms with Gasteiger partial charge in [-0.15, -0.1) is 0 Å². The van der Waals surface area contributed by atoms with Gasteiger partial charge >= 0.3 is 5.82 Å². The number of halogens is 1. The molecule has 7 nitrogen and oxygen atoms in total. The third kappa shape index (κ3) is 2.58. The number of nitrogens with zero attached hydrogens (tertiary/aromatic N) is 3. The summed E-state index contributed by atoms with van der Waals surface area (Å²) in [6.07, 6.45) is 0.